The number of ether oxygens (including phenoxy) is 1. The summed E-state index contributed by atoms with van der Waals surface area (Å²) in [5.41, 5.74) is -8.34. The molecule has 0 rings (SSSR count). The summed E-state index contributed by atoms with van der Waals surface area (Å²) in [6.07, 6.45) is -11.6. The maximum Gasteiger partial charge on any atom is 0.430 e. The highest BCUT2D eigenvalue weighted by molar-refractivity contribution is 5.70. The molecule has 0 aliphatic rings. The largest absolute Gasteiger partial charge is 0.456 e. The Kier molecular flexibility index (Phi) is 5.50. The van der Waals surface area contributed by atoms with Crippen LogP contribution in [0.25, 0.3) is 0 Å². The van der Waals surface area contributed by atoms with Gasteiger partial charge in [0.1, 0.15) is 0 Å². The lowest BCUT2D eigenvalue weighted by atomic mass is 9.84. The van der Waals surface area contributed by atoms with Crippen LogP contribution in [-0.4, -0.2) is 34.6 Å². The molecule has 0 aromatic heterocycles. The van der Waals surface area contributed by atoms with Gasteiger partial charge in [0.2, 0.25) is 0 Å². The van der Waals surface area contributed by atoms with Gasteiger partial charge in [0.05, 0.1) is 0 Å². The van der Waals surface area contributed by atoms with E-state index >= 15 is 0 Å². The van der Waals surface area contributed by atoms with Crippen molar-refractivity contribution in [2.24, 2.45) is 0 Å². The van der Waals surface area contributed by atoms with Crippen molar-refractivity contribution in [3.63, 3.8) is 0 Å². The molecule has 0 atom stereocenters. The molecule has 0 heterocycles. The molecule has 3 nitrogen and oxygen atoms in total. The second kappa shape index (κ2) is 5.79. The first-order valence-electron chi connectivity index (χ1n) is 5.78. The Morgan fingerprint density at radius 2 is 1.45 bits per heavy atom. The fourth-order valence-corrected chi connectivity index (χ4v) is 1.57. The van der Waals surface area contributed by atoms with Crippen LogP contribution < -0.4 is 0 Å². The van der Waals surface area contributed by atoms with E-state index in [2.05, 4.69) is 4.74 Å². The van der Waals surface area contributed by atoms with Crippen LogP contribution in [0.15, 0.2) is 0 Å². The maximum atomic E-state index is 12.6. The molecular weight excluding hydrogens is 294 g/mol. The van der Waals surface area contributed by atoms with Crippen molar-refractivity contribution in [3.8, 4) is 0 Å². The van der Waals surface area contributed by atoms with Gasteiger partial charge >= 0.3 is 18.3 Å². The molecule has 0 saturated heterocycles. The van der Waals surface area contributed by atoms with Gasteiger partial charge in [0, 0.05) is 6.42 Å². The van der Waals surface area contributed by atoms with Gasteiger partial charge in [-0.3, -0.25) is 4.79 Å². The third-order valence-electron chi connectivity index (χ3n) is 2.80. The zero-order valence-corrected chi connectivity index (χ0v) is 11.2. The number of carbonyl (C=O) groups is 1. The minimum atomic E-state index is -6.04. The SMILES string of the molecule is CCCCC(=O)OC(C)(C)C(O)(C(F)(F)F)C(F)(F)F. The lowest BCUT2D eigenvalue weighted by Gasteiger charge is -2.43. The summed E-state index contributed by atoms with van der Waals surface area (Å²) in [7, 11) is 0. The quantitative estimate of drug-likeness (QED) is 0.626. The van der Waals surface area contributed by atoms with E-state index in [4.69, 9.17) is 5.11 Å². The first-order chi connectivity index (χ1) is 8.70. The summed E-state index contributed by atoms with van der Waals surface area (Å²) in [5.74, 6) is -1.23. The Morgan fingerprint density at radius 3 is 1.75 bits per heavy atom. The molecule has 0 unspecified atom stereocenters. The van der Waals surface area contributed by atoms with Crippen LogP contribution in [0.4, 0.5) is 26.3 Å². The van der Waals surface area contributed by atoms with Crippen LogP contribution in [-0.2, 0) is 9.53 Å². The Hall–Kier alpha value is -0.990. The van der Waals surface area contributed by atoms with Crippen molar-refractivity contribution >= 4 is 5.97 Å². The maximum absolute atomic E-state index is 12.6. The van der Waals surface area contributed by atoms with E-state index in [-0.39, 0.29) is 12.8 Å². The van der Waals surface area contributed by atoms with Crippen LogP contribution in [0.2, 0.25) is 0 Å². The number of hydrogen-bond donors (Lipinski definition) is 1. The molecular formula is C11H16F6O3. The first-order valence-corrected chi connectivity index (χ1v) is 5.78. The van der Waals surface area contributed by atoms with E-state index in [1.165, 1.54) is 0 Å². The molecule has 0 radical (unpaired) electrons. The van der Waals surface area contributed by atoms with Crippen LogP contribution in [0.5, 0.6) is 0 Å². The lowest BCUT2D eigenvalue weighted by molar-refractivity contribution is -0.407. The molecule has 0 fully saturated rings. The normalized spacial score (nSPS) is 14.3. The van der Waals surface area contributed by atoms with Crippen LogP contribution in [0.3, 0.4) is 0 Å². The summed E-state index contributed by atoms with van der Waals surface area (Å²) in [6.45, 7) is 2.43. The molecule has 0 aromatic rings. The summed E-state index contributed by atoms with van der Waals surface area (Å²) in [4.78, 5) is 11.3. The average molecular weight is 310 g/mol. The van der Waals surface area contributed by atoms with Gasteiger partial charge in [0.15, 0.2) is 5.60 Å². The van der Waals surface area contributed by atoms with Gasteiger partial charge in [0.25, 0.3) is 5.60 Å². The Labute approximate surface area is 111 Å². The zero-order valence-electron chi connectivity index (χ0n) is 11.2. The van der Waals surface area contributed by atoms with E-state index in [0.717, 1.165) is 0 Å². The molecule has 0 spiro atoms. The fourth-order valence-electron chi connectivity index (χ4n) is 1.57. The molecule has 0 aliphatic heterocycles. The standard InChI is InChI=1S/C11H16F6O3/c1-4-5-6-7(18)20-8(2,3)9(19,10(12,13)14)11(15,16)17/h19H,4-6H2,1-3H3. The molecule has 120 valence electrons. The van der Waals surface area contributed by atoms with Gasteiger partial charge in [-0.25, -0.2) is 0 Å². The van der Waals surface area contributed by atoms with Gasteiger partial charge in [-0.05, 0) is 20.3 Å². The van der Waals surface area contributed by atoms with Gasteiger partial charge in [-0.1, -0.05) is 13.3 Å². The van der Waals surface area contributed by atoms with E-state index in [1.54, 1.807) is 6.92 Å². The molecule has 1 N–H and O–H groups in total. The summed E-state index contributed by atoms with van der Waals surface area (Å²) < 4.78 is 80.1. The predicted molar refractivity (Wildman–Crippen MR) is 56.8 cm³/mol. The highest BCUT2D eigenvalue weighted by Crippen LogP contribution is 2.50. The monoisotopic (exact) mass is 310 g/mol. The van der Waals surface area contributed by atoms with Crippen molar-refractivity contribution in [3.05, 3.63) is 0 Å². The first kappa shape index (κ1) is 19.0. The Balaban J connectivity index is 5.43. The molecule has 9 heteroatoms. The zero-order chi connectivity index (χ0) is 16.4. The number of esters is 1. The number of aliphatic hydroxyl groups is 1. The summed E-state index contributed by atoms with van der Waals surface area (Å²) >= 11 is 0. The van der Waals surface area contributed by atoms with E-state index in [0.29, 0.717) is 20.3 Å². The third-order valence-corrected chi connectivity index (χ3v) is 2.80. The molecule has 0 aliphatic carbocycles. The summed E-state index contributed by atoms with van der Waals surface area (Å²) in [6, 6.07) is 0. The highest BCUT2D eigenvalue weighted by atomic mass is 19.4. The second-order valence-electron chi connectivity index (χ2n) is 4.79. The number of hydrogen-bond acceptors (Lipinski definition) is 3. The lowest BCUT2D eigenvalue weighted by Crippen LogP contribution is -2.69. The van der Waals surface area contributed by atoms with Gasteiger partial charge in [-0.15, -0.1) is 0 Å². The van der Waals surface area contributed by atoms with Crippen molar-refractivity contribution in [1.29, 1.82) is 0 Å². The summed E-state index contributed by atoms with van der Waals surface area (Å²) in [5, 5.41) is 9.16. The smallest absolute Gasteiger partial charge is 0.430 e. The minimum absolute atomic E-state index is 0.255. The van der Waals surface area contributed by atoms with Gasteiger partial charge < -0.3 is 9.84 Å². The number of rotatable bonds is 5. The predicted octanol–water partition coefficient (Wildman–Crippen LogP) is 3.35. The Morgan fingerprint density at radius 1 is 1.05 bits per heavy atom. The Bertz CT molecular complexity index is 331. The minimum Gasteiger partial charge on any atom is -0.456 e. The second-order valence-corrected chi connectivity index (χ2v) is 4.79. The van der Waals surface area contributed by atoms with Crippen LogP contribution in [0, 0.1) is 0 Å². The van der Waals surface area contributed by atoms with Crippen molar-refractivity contribution in [2.45, 2.75) is 63.6 Å². The number of carbonyl (C=O) groups excluding carboxylic acids is 1. The third kappa shape index (κ3) is 3.56. The molecule has 0 bridgehead atoms. The van der Waals surface area contributed by atoms with Gasteiger partial charge in [-0.2, -0.15) is 26.3 Å². The van der Waals surface area contributed by atoms with E-state index in [1.807, 2.05) is 0 Å². The average Bonchev–Trinajstić information content (AvgIpc) is 2.21. The number of halogens is 6. The molecule has 20 heavy (non-hydrogen) atoms. The van der Waals surface area contributed by atoms with E-state index < -0.39 is 29.5 Å². The fraction of sp³-hybridized carbons (Fsp3) is 0.909. The topological polar surface area (TPSA) is 46.5 Å². The van der Waals surface area contributed by atoms with Crippen LogP contribution >= 0.6 is 0 Å². The highest BCUT2D eigenvalue weighted by Gasteiger charge is 2.78. The molecule has 0 amide bonds. The van der Waals surface area contributed by atoms with Crippen molar-refractivity contribution in [1.82, 2.24) is 0 Å². The van der Waals surface area contributed by atoms with E-state index in [9.17, 15) is 31.1 Å². The van der Waals surface area contributed by atoms with Crippen LogP contribution in [0.1, 0.15) is 40.0 Å². The van der Waals surface area contributed by atoms with Crippen molar-refractivity contribution < 1.29 is 41.0 Å². The van der Waals surface area contributed by atoms with Crippen molar-refractivity contribution in [2.75, 3.05) is 0 Å². The number of unbranched alkanes of at least 4 members (excludes halogenated alkanes) is 1. The molecule has 0 saturated carbocycles. The number of alkyl halides is 6. The molecule has 0 aromatic carbocycles.